The molecule has 3 rings (SSSR count). The Morgan fingerprint density at radius 3 is 3.00 bits per heavy atom. The van der Waals surface area contributed by atoms with Gasteiger partial charge in [0, 0.05) is 31.2 Å². The van der Waals surface area contributed by atoms with E-state index in [1.54, 1.807) is 6.20 Å². The largest absolute Gasteiger partial charge is 0.312 e. The van der Waals surface area contributed by atoms with Crippen LogP contribution in [0.2, 0.25) is 0 Å². The molecular formula is C14H20N4O2S. The molecule has 1 aliphatic heterocycles. The van der Waals surface area contributed by atoms with Gasteiger partial charge in [-0.3, -0.25) is 0 Å². The third-order valence-electron chi connectivity index (χ3n) is 3.77. The maximum atomic E-state index is 11.8. The number of fused-ring (bicyclic) bond motifs is 1. The topological polar surface area (TPSA) is 76.9 Å². The van der Waals surface area contributed by atoms with Crippen LogP contribution in [0.3, 0.4) is 0 Å². The van der Waals surface area contributed by atoms with Crippen LogP contribution in [-0.2, 0) is 16.3 Å². The maximum Gasteiger partial charge on any atom is 0.160 e. The number of aromatic nitrogens is 3. The monoisotopic (exact) mass is 308 g/mol. The quantitative estimate of drug-likeness (QED) is 0.913. The zero-order chi connectivity index (χ0) is 15.0. The highest BCUT2D eigenvalue weighted by Crippen LogP contribution is 2.20. The van der Waals surface area contributed by atoms with Crippen molar-refractivity contribution in [2.45, 2.75) is 32.4 Å². The van der Waals surface area contributed by atoms with Gasteiger partial charge in [-0.2, -0.15) is 0 Å². The van der Waals surface area contributed by atoms with Gasteiger partial charge in [0.2, 0.25) is 0 Å². The molecule has 2 aromatic heterocycles. The summed E-state index contributed by atoms with van der Waals surface area (Å²) in [5, 5.41) is 3.28. The summed E-state index contributed by atoms with van der Waals surface area (Å²) in [6, 6.07) is 3.97. The molecule has 6 nitrogen and oxygen atoms in total. The van der Waals surface area contributed by atoms with Crippen molar-refractivity contribution in [2.75, 3.05) is 18.1 Å². The van der Waals surface area contributed by atoms with E-state index >= 15 is 0 Å². The Morgan fingerprint density at radius 1 is 1.48 bits per heavy atom. The van der Waals surface area contributed by atoms with Crippen molar-refractivity contribution in [3.8, 4) is 0 Å². The van der Waals surface area contributed by atoms with E-state index in [4.69, 9.17) is 0 Å². The number of rotatable bonds is 3. The van der Waals surface area contributed by atoms with Crippen LogP contribution in [0.25, 0.3) is 11.2 Å². The van der Waals surface area contributed by atoms with Gasteiger partial charge in [0.05, 0.1) is 11.5 Å². The van der Waals surface area contributed by atoms with E-state index in [-0.39, 0.29) is 23.6 Å². The molecule has 1 unspecified atom stereocenters. The predicted molar refractivity (Wildman–Crippen MR) is 82.1 cm³/mol. The maximum absolute atomic E-state index is 11.8. The number of nitrogens with one attached hydrogen (secondary N) is 1. The number of hydrogen-bond acceptors (Lipinski definition) is 5. The van der Waals surface area contributed by atoms with Crippen molar-refractivity contribution >= 4 is 21.0 Å². The second-order valence-electron chi connectivity index (χ2n) is 5.81. The molecule has 21 heavy (non-hydrogen) atoms. The lowest BCUT2D eigenvalue weighted by Crippen LogP contribution is -2.46. The normalized spacial score (nSPS) is 22.0. The fraction of sp³-hybridized carbons (Fsp3) is 0.571. The van der Waals surface area contributed by atoms with Crippen LogP contribution in [0.1, 0.15) is 25.7 Å². The summed E-state index contributed by atoms with van der Waals surface area (Å²) in [6.07, 6.45) is 2.36. The van der Waals surface area contributed by atoms with Gasteiger partial charge in [0.15, 0.2) is 15.5 Å². The molecular weight excluding hydrogens is 288 g/mol. The van der Waals surface area contributed by atoms with Gasteiger partial charge in [-0.1, -0.05) is 0 Å². The molecule has 3 heterocycles. The Bertz CT molecular complexity index is 751. The molecule has 1 fully saturated rings. The van der Waals surface area contributed by atoms with Crippen molar-refractivity contribution in [1.29, 1.82) is 0 Å². The smallest absolute Gasteiger partial charge is 0.160 e. The second kappa shape index (κ2) is 5.38. The number of pyridine rings is 1. The standard InChI is InChI=1S/C14H20N4O2S/c1-10(2)18-13(17-12-4-3-5-16-14(12)18)8-11-9-21(19,20)7-6-15-11/h3-5,10-11,15H,6-9H2,1-2H3. The van der Waals surface area contributed by atoms with E-state index < -0.39 is 9.84 Å². The highest BCUT2D eigenvalue weighted by atomic mass is 32.2. The molecule has 0 amide bonds. The van der Waals surface area contributed by atoms with Crippen LogP contribution in [0, 0.1) is 0 Å². The van der Waals surface area contributed by atoms with E-state index in [1.165, 1.54) is 0 Å². The minimum absolute atomic E-state index is 0.0712. The zero-order valence-corrected chi connectivity index (χ0v) is 13.1. The van der Waals surface area contributed by atoms with Crippen LogP contribution >= 0.6 is 0 Å². The van der Waals surface area contributed by atoms with Crippen LogP contribution in [-0.4, -0.2) is 47.0 Å². The molecule has 0 saturated carbocycles. The van der Waals surface area contributed by atoms with Crippen molar-refractivity contribution in [3.63, 3.8) is 0 Å². The molecule has 114 valence electrons. The van der Waals surface area contributed by atoms with Crippen LogP contribution in [0.15, 0.2) is 18.3 Å². The molecule has 1 aliphatic rings. The predicted octanol–water partition coefficient (Wildman–Crippen LogP) is 0.941. The molecule has 2 aromatic rings. The second-order valence-corrected chi connectivity index (χ2v) is 8.04. The summed E-state index contributed by atoms with van der Waals surface area (Å²) >= 11 is 0. The fourth-order valence-electron chi connectivity index (χ4n) is 2.88. The highest BCUT2D eigenvalue weighted by Gasteiger charge is 2.26. The van der Waals surface area contributed by atoms with E-state index in [0.717, 1.165) is 17.0 Å². The summed E-state index contributed by atoms with van der Waals surface area (Å²) < 4.78 is 25.6. The Kier molecular flexibility index (Phi) is 3.71. The number of imidazole rings is 1. The molecule has 1 saturated heterocycles. The Hall–Kier alpha value is -1.47. The molecule has 1 atom stereocenters. The Balaban J connectivity index is 1.95. The highest BCUT2D eigenvalue weighted by molar-refractivity contribution is 7.91. The third kappa shape index (κ3) is 2.94. The van der Waals surface area contributed by atoms with Crippen molar-refractivity contribution in [1.82, 2.24) is 19.9 Å². The molecule has 1 N–H and O–H groups in total. The average Bonchev–Trinajstić information content (AvgIpc) is 2.75. The van der Waals surface area contributed by atoms with Gasteiger partial charge < -0.3 is 9.88 Å². The SMILES string of the molecule is CC(C)n1c(CC2CS(=O)(=O)CCN2)nc2cccnc21. The van der Waals surface area contributed by atoms with Gasteiger partial charge in [-0.05, 0) is 26.0 Å². The van der Waals surface area contributed by atoms with E-state index in [1.807, 2.05) is 12.1 Å². The van der Waals surface area contributed by atoms with Crippen LogP contribution in [0.5, 0.6) is 0 Å². The van der Waals surface area contributed by atoms with Crippen molar-refractivity contribution in [2.24, 2.45) is 0 Å². The van der Waals surface area contributed by atoms with Crippen LogP contribution in [0.4, 0.5) is 0 Å². The lowest BCUT2D eigenvalue weighted by Gasteiger charge is -2.24. The first-order valence-corrected chi connectivity index (χ1v) is 9.04. The molecule has 0 spiro atoms. The van der Waals surface area contributed by atoms with E-state index in [0.29, 0.717) is 13.0 Å². The van der Waals surface area contributed by atoms with E-state index in [2.05, 4.69) is 33.7 Å². The lowest BCUT2D eigenvalue weighted by molar-refractivity contribution is 0.490. The van der Waals surface area contributed by atoms with Gasteiger partial charge in [0.25, 0.3) is 0 Å². The van der Waals surface area contributed by atoms with E-state index in [9.17, 15) is 8.42 Å². The zero-order valence-electron chi connectivity index (χ0n) is 12.3. The third-order valence-corrected chi connectivity index (χ3v) is 5.50. The van der Waals surface area contributed by atoms with Gasteiger partial charge >= 0.3 is 0 Å². The lowest BCUT2D eigenvalue weighted by atomic mass is 10.2. The summed E-state index contributed by atoms with van der Waals surface area (Å²) in [4.78, 5) is 9.05. The first-order chi connectivity index (χ1) is 9.96. The Morgan fingerprint density at radius 2 is 2.29 bits per heavy atom. The van der Waals surface area contributed by atoms with Crippen LogP contribution < -0.4 is 5.32 Å². The minimum atomic E-state index is -2.93. The molecule has 0 aromatic carbocycles. The number of sulfone groups is 1. The minimum Gasteiger partial charge on any atom is -0.312 e. The van der Waals surface area contributed by atoms with Gasteiger partial charge in [0.1, 0.15) is 11.3 Å². The fourth-order valence-corrected chi connectivity index (χ4v) is 4.33. The van der Waals surface area contributed by atoms with Crippen molar-refractivity contribution in [3.05, 3.63) is 24.2 Å². The molecule has 0 aliphatic carbocycles. The average molecular weight is 308 g/mol. The number of hydrogen-bond donors (Lipinski definition) is 1. The summed E-state index contributed by atoms with van der Waals surface area (Å²) in [7, 11) is -2.93. The van der Waals surface area contributed by atoms with Gasteiger partial charge in [-0.25, -0.2) is 18.4 Å². The molecule has 7 heteroatoms. The first-order valence-electron chi connectivity index (χ1n) is 7.22. The van der Waals surface area contributed by atoms with Gasteiger partial charge in [-0.15, -0.1) is 0 Å². The number of nitrogens with zero attached hydrogens (tertiary/aromatic N) is 3. The van der Waals surface area contributed by atoms with Crippen molar-refractivity contribution < 1.29 is 8.42 Å². The summed E-state index contributed by atoms with van der Waals surface area (Å²) in [5.74, 6) is 1.31. The molecule has 0 radical (unpaired) electrons. The first kappa shape index (κ1) is 14.5. The summed E-state index contributed by atoms with van der Waals surface area (Å²) in [6.45, 7) is 4.70. The summed E-state index contributed by atoms with van der Waals surface area (Å²) in [5.41, 5.74) is 1.72. The molecule has 0 bridgehead atoms. The Labute approximate surface area is 124 Å².